The van der Waals surface area contributed by atoms with Gasteiger partial charge in [-0.3, -0.25) is 4.79 Å². The van der Waals surface area contributed by atoms with Crippen LogP contribution in [0.5, 0.6) is 0 Å². The van der Waals surface area contributed by atoms with Gasteiger partial charge in [0.2, 0.25) is 5.91 Å². The molecule has 1 amide bonds. The summed E-state index contributed by atoms with van der Waals surface area (Å²) in [6.45, 7) is 2.43. The highest BCUT2D eigenvalue weighted by atomic mass is 35.5. The van der Waals surface area contributed by atoms with Crippen LogP contribution in [0.1, 0.15) is 23.7 Å². The summed E-state index contributed by atoms with van der Waals surface area (Å²) in [5.41, 5.74) is 3.64. The second kappa shape index (κ2) is 7.28. The lowest BCUT2D eigenvalue weighted by Gasteiger charge is -2.19. The molecule has 4 rings (SSSR count). The third kappa shape index (κ3) is 3.36. The zero-order valence-corrected chi connectivity index (χ0v) is 16.8. The highest BCUT2D eigenvalue weighted by Gasteiger charge is 2.35. The number of carbonyl (C=O) groups excluding carboxylic acids is 1. The van der Waals surface area contributed by atoms with Crippen molar-refractivity contribution < 1.29 is 9.32 Å². The molecule has 0 saturated carbocycles. The van der Waals surface area contributed by atoms with Gasteiger partial charge in [-0.1, -0.05) is 28.9 Å². The Kier molecular flexibility index (Phi) is 4.81. The molecular formula is C21H21ClN4O2. The number of hydrogen-bond acceptors (Lipinski definition) is 5. The first-order valence-corrected chi connectivity index (χ1v) is 9.48. The Bertz CT molecular complexity index is 1030. The third-order valence-corrected chi connectivity index (χ3v) is 5.48. The predicted octanol–water partition coefficient (Wildman–Crippen LogP) is 4.28. The van der Waals surface area contributed by atoms with E-state index in [1.807, 2.05) is 68.4 Å². The van der Waals surface area contributed by atoms with Crippen LogP contribution in [0, 0.1) is 6.92 Å². The predicted molar refractivity (Wildman–Crippen MR) is 110 cm³/mol. The Hall–Kier alpha value is -2.86. The van der Waals surface area contributed by atoms with Crippen molar-refractivity contribution in [3.63, 3.8) is 0 Å². The van der Waals surface area contributed by atoms with E-state index in [4.69, 9.17) is 16.1 Å². The van der Waals surface area contributed by atoms with Crippen molar-refractivity contribution in [2.24, 2.45) is 0 Å². The highest BCUT2D eigenvalue weighted by molar-refractivity contribution is 6.31. The Morgan fingerprint density at radius 1 is 1.21 bits per heavy atom. The van der Waals surface area contributed by atoms with Gasteiger partial charge in [0, 0.05) is 54.9 Å². The maximum Gasteiger partial charge on any atom is 0.258 e. The first-order valence-electron chi connectivity index (χ1n) is 9.11. The lowest BCUT2D eigenvalue weighted by molar-refractivity contribution is -0.117. The molecule has 1 unspecified atom stereocenters. The third-order valence-electron chi connectivity index (χ3n) is 5.07. The molecule has 3 aromatic rings. The van der Waals surface area contributed by atoms with Crippen LogP contribution in [0.15, 0.2) is 47.0 Å². The van der Waals surface area contributed by atoms with Gasteiger partial charge in [0.05, 0.1) is 0 Å². The molecule has 1 atom stereocenters. The molecule has 0 aliphatic carbocycles. The number of anilines is 2. The lowest BCUT2D eigenvalue weighted by atomic mass is 10.1. The van der Waals surface area contributed by atoms with Gasteiger partial charge in [-0.25, -0.2) is 0 Å². The number of benzene rings is 2. The molecule has 6 nitrogen and oxygen atoms in total. The largest absolute Gasteiger partial charge is 0.378 e. The summed E-state index contributed by atoms with van der Waals surface area (Å²) < 4.78 is 5.49. The molecule has 1 aromatic heterocycles. The second-order valence-electron chi connectivity index (χ2n) is 7.19. The topological polar surface area (TPSA) is 62.5 Å². The molecule has 2 aromatic carbocycles. The van der Waals surface area contributed by atoms with Gasteiger partial charge in [-0.05, 0) is 42.8 Å². The average molecular weight is 397 g/mol. The molecule has 1 aliphatic rings. The zero-order chi connectivity index (χ0) is 19.8. The fourth-order valence-corrected chi connectivity index (χ4v) is 3.61. The van der Waals surface area contributed by atoms with E-state index < -0.39 is 0 Å². The summed E-state index contributed by atoms with van der Waals surface area (Å²) in [6.07, 6.45) is 0.350. The maximum atomic E-state index is 12.6. The van der Waals surface area contributed by atoms with Gasteiger partial charge in [0.1, 0.15) is 0 Å². The molecule has 1 fully saturated rings. The van der Waals surface area contributed by atoms with Gasteiger partial charge in [0.15, 0.2) is 5.82 Å². The minimum absolute atomic E-state index is 0.0383. The number of nitrogens with zero attached hydrogens (tertiary/aromatic N) is 4. The van der Waals surface area contributed by atoms with E-state index in [9.17, 15) is 4.79 Å². The molecule has 7 heteroatoms. The first-order chi connectivity index (χ1) is 13.4. The smallest absolute Gasteiger partial charge is 0.258 e. The minimum Gasteiger partial charge on any atom is -0.378 e. The van der Waals surface area contributed by atoms with Crippen LogP contribution in [0.25, 0.3) is 11.5 Å². The molecule has 1 aliphatic heterocycles. The normalized spacial score (nSPS) is 16.6. The van der Waals surface area contributed by atoms with E-state index >= 15 is 0 Å². The number of hydrogen-bond donors (Lipinski definition) is 0. The Balaban J connectivity index is 1.58. The standard InChI is InChI=1S/C21H21ClN4O2/c1-13-17(22)8-5-9-18(13)26-12-15(11-19(26)27)20-23-21(28-24-20)14-6-4-7-16(10-14)25(2)3/h4-10,15H,11-12H2,1-3H3. The summed E-state index contributed by atoms with van der Waals surface area (Å²) in [5, 5.41) is 4.80. The van der Waals surface area contributed by atoms with Crippen molar-refractivity contribution >= 4 is 28.9 Å². The molecule has 144 valence electrons. The molecule has 28 heavy (non-hydrogen) atoms. The van der Waals surface area contributed by atoms with Crippen molar-refractivity contribution in [2.75, 3.05) is 30.4 Å². The van der Waals surface area contributed by atoms with Gasteiger partial charge in [-0.2, -0.15) is 4.98 Å². The van der Waals surface area contributed by atoms with Crippen LogP contribution in [-0.4, -0.2) is 36.7 Å². The fourth-order valence-electron chi connectivity index (χ4n) is 3.44. The summed E-state index contributed by atoms with van der Waals surface area (Å²) in [6, 6.07) is 13.5. The molecule has 0 N–H and O–H groups in total. The van der Waals surface area contributed by atoms with E-state index in [2.05, 4.69) is 10.1 Å². The van der Waals surface area contributed by atoms with Crippen molar-refractivity contribution in [1.29, 1.82) is 0 Å². The Morgan fingerprint density at radius 2 is 2.00 bits per heavy atom. The number of halogens is 1. The van der Waals surface area contributed by atoms with Crippen LogP contribution in [-0.2, 0) is 4.79 Å². The lowest BCUT2D eigenvalue weighted by Crippen LogP contribution is -2.25. The van der Waals surface area contributed by atoms with E-state index in [0.717, 1.165) is 22.5 Å². The van der Waals surface area contributed by atoms with Crippen molar-refractivity contribution in [3.8, 4) is 11.5 Å². The summed E-state index contributed by atoms with van der Waals surface area (Å²) in [7, 11) is 3.96. The number of carbonyl (C=O) groups is 1. The highest BCUT2D eigenvalue weighted by Crippen LogP contribution is 2.35. The molecular weight excluding hydrogens is 376 g/mol. The SMILES string of the molecule is Cc1c(Cl)cccc1N1CC(c2noc(-c3cccc(N(C)C)c3)n2)CC1=O. The van der Waals surface area contributed by atoms with Gasteiger partial charge in [-0.15, -0.1) is 0 Å². The van der Waals surface area contributed by atoms with E-state index in [0.29, 0.717) is 29.7 Å². The second-order valence-corrected chi connectivity index (χ2v) is 7.60. The van der Waals surface area contributed by atoms with Crippen LogP contribution in [0.4, 0.5) is 11.4 Å². The van der Waals surface area contributed by atoms with Crippen LogP contribution in [0.2, 0.25) is 5.02 Å². The number of rotatable bonds is 4. The van der Waals surface area contributed by atoms with Crippen LogP contribution < -0.4 is 9.80 Å². The summed E-state index contributed by atoms with van der Waals surface area (Å²) >= 11 is 6.22. The van der Waals surface area contributed by atoms with Gasteiger partial charge >= 0.3 is 0 Å². The zero-order valence-electron chi connectivity index (χ0n) is 16.0. The van der Waals surface area contributed by atoms with E-state index in [1.54, 1.807) is 4.90 Å². The van der Waals surface area contributed by atoms with Crippen LogP contribution in [0.3, 0.4) is 0 Å². The van der Waals surface area contributed by atoms with Crippen molar-refractivity contribution in [2.45, 2.75) is 19.3 Å². The molecule has 0 bridgehead atoms. The minimum atomic E-state index is -0.111. The van der Waals surface area contributed by atoms with E-state index in [1.165, 1.54) is 0 Å². The van der Waals surface area contributed by atoms with Crippen LogP contribution >= 0.6 is 11.6 Å². The Labute approximate surface area is 168 Å². The molecule has 2 heterocycles. The summed E-state index contributed by atoms with van der Waals surface area (Å²) in [5.74, 6) is 0.945. The summed E-state index contributed by atoms with van der Waals surface area (Å²) in [4.78, 5) is 20.9. The maximum absolute atomic E-state index is 12.6. The van der Waals surface area contributed by atoms with Crippen molar-refractivity contribution in [3.05, 3.63) is 58.9 Å². The fraction of sp³-hybridized carbons (Fsp3) is 0.286. The quantitative estimate of drug-likeness (QED) is 0.658. The van der Waals surface area contributed by atoms with E-state index in [-0.39, 0.29) is 11.8 Å². The Morgan fingerprint density at radius 3 is 2.79 bits per heavy atom. The average Bonchev–Trinajstić information content (AvgIpc) is 3.31. The monoisotopic (exact) mass is 396 g/mol. The van der Waals surface area contributed by atoms with Crippen molar-refractivity contribution in [1.82, 2.24) is 10.1 Å². The number of amides is 1. The number of aromatic nitrogens is 2. The first kappa shape index (κ1) is 18.5. The molecule has 0 radical (unpaired) electrons. The van der Waals surface area contributed by atoms with Gasteiger partial charge in [0.25, 0.3) is 5.89 Å². The molecule has 1 saturated heterocycles. The van der Waals surface area contributed by atoms with Gasteiger partial charge < -0.3 is 14.3 Å². The molecule has 0 spiro atoms.